The predicted molar refractivity (Wildman–Crippen MR) is 175 cm³/mol. The van der Waals surface area contributed by atoms with Crippen LogP contribution in [-0.2, 0) is 23.3 Å². The van der Waals surface area contributed by atoms with Crippen molar-refractivity contribution >= 4 is 25.5 Å². The van der Waals surface area contributed by atoms with E-state index in [-0.39, 0.29) is 49.7 Å². The van der Waals surface area contributed by atoms with Gasteiger partial charge < -0.3 is 24.4 Å². The number of aromatic nitrogens is 6. The van der Waals surface area contributed by atoms with Crippen LogP contribution in [0.1, 0.15) is 12.8 Å². The number of nitrogens with one attached hydrogen (secondary N) is 1. The van der Waals surface area contributed by atoms with Crippen LogP contribution in [0.2, 0.25) is 25.7 Å². The molecule has 0 amide bonds. The van der Waals surface area contributed by atoms with Crippen molar-refractivity contribution in [2.45, 2.75) is 51.2 Å². The molecule has 0 aliphatic carbocycles. The van der Waals surface area contributed by atoms with E-state index in [0.717, 1.165) is 10.7 Å². The minimum Gasteiger partial charge on any atom is -0.489 e. The van der Waals surface area contributed by atoms with Crippen molar-refractivity contribution in [3.63, 3.8) is 0 Å². The minimum absolute atomic E-state index is 0.0332. The smallest absolute Gasteiger partial charge is 0.251 e. The van der Waals surface area contributed by atoms with E-state index in [2.05, 4.69) is 45.1 Å². The van der Waals surface area contributed by atoms with E-state index < -0.39 is 25.8 Å². The van der Waals surface area contributed by atoms with E-state index >= 15 is 8.78 Å². The average molecular weight is 689 g/mol. The molecule has 0 bridgehead atoms. The highest BCUT2D eigenvalue weighted by atomic mass is 28.3. The molecule has 0 unspecified atom stereocenters. The van der Waals surface area contributed by atoms with Gasteiger partial charge >= 0.3 is 0 Å². The predicted octanol–water partition coefficient (Wildman–Crippen LogP) is 6.34. The molecular weight excluding hydrogens is 648 g/mol. The zero-order valence-corrected chi connectivity index (χ0v) is 28.5. The number of anilines is 3. The summed E-state index contributed by atoms with van der Waals surface area (Å²) in [5, 5.41) is 11.6. The standard InChI is InChI=1S/C32H40F4N8O3Si/c1-42-31(39-23-5-6-24(26(33)14-23)25-16-38-44(28(25)34)20-45-11-12-48(2,3)4)40-29(41-42)22-13-27(47-19-21-17-46-18-21)30(37-15-22)43-9-7-32(35,36)8-10-43/h5-6,13-16,21H,7-12,17-20H2,1-4H3,(H,39,40,41). The van der Waals surface area contributed by atoms with Crippen LogP contribution in [0.3, 0.4) is 0 Å². The number of pyridine rings is 1. The molecule has 258 valence electrons. The molecule has 3 aromatic heterocycles. The van der Waals surface area contributed by atoms with Gasteiger partial charge in [-0.05, 0) is 30.3 Å². The van der Waals surface area contributed by atoms with Gasteiger partial charge in [-0.2, -0.15) is 14.5 Å². The summed E-state index contributed by atoms with van der Waals surface area (Å²) in [7, 11) is 0.399. The average Bonchev–Trinajstić information content (AvgIpc) is 3.55. The van der Waals surface area contributed by atoms with Gasteiger partial charge in [-0.3, -0.25) is 0 Å². The van der Waals surface area contributed by atoms with Gasteiger partial charge in [0.05, 0.1) is 31.6 Å². The van der Waals surface area contributed by atoms with Gasteiger partial charge in [0.15, 0.2) is 17.4 Å². The van der Waals surface area contributed by atoms with Crippen LogP contribution in [0, 0.1) is 17.7 Å². The molecule has 2 fully saturated rings. The lowest BCUT2D eigenvalue weighted by molar-refractivity contribution is -0.0509. The number of alkyl halides is 2. The molecule has 11 nitrogen and oxygen atoms in total. The van der Waals surface area contributed by atoms with E-state index in [1.807, 2.05) is 4.90 Å². The second-order valence-corrected chi connectivity index (χ2v) is 19.1. The first kappa shape index (κ1) is 33.9. The van der Waals surface area contributed by atoms with Crippen LogP contribution in [0.25, 0.3) is 22.5 Å². The van der Waals surface area contributed by atoms with E-state index in [0.29, 0.717) is 61.0 Å². The third kappa shape index (κ3) is 7.98. The number of benzene rings is 1. The number of ether oxygens (including phenoxy) is 3. The van der Waals surface area contributed by atoms with E-state index in [4.69, 9.17) is 14.2 Å². The first-order chi connectivity index (χ1) is 22.8. The van der Waals surface area contributed by atoms with Crippen molar-refractivity contribution in [1.82, 2.24) is 29.5 Å². The Bertz CT molecular complexity index is 1730. The lowest BCUT2D eigenvalue weighted by Gasteiger charge is -2.34. The second-order valence-electron chi connectivity index (χ2n) is 13.5. The topological polar surface area (TPSA) is 104 Å². The maximum atomic E-state index is 15.3. The fourth-order valence-electron chi connectivity index (χ4n) is 5.26. The molecule has 0 saturated carbocycles. The molecule has 1 aromatic carbocycles. The summed E-state index contributed by atoms with van der Waals surface area (Å²) in [6.07, 6.45) is 2.37. The van der Waals surface area contributed by atoms with Crippen molar-refractivity contribution in [2.75, 3.05) is 49.7 Å². The number of hydrogen-bond acceptors (Lipinski definition) is 9. The molecule has 2 aliphatic rings. The van der Waals surface area contributed by atoms with E-state index in [9.17, 15) is 8.78 Å². The van der Waals surface area contributed by atoms with Gasteiger partial charge in [0, 0.05) is 76.6 Å². The summed E-state index contributed by atoms with van der Waals surface area (Å²) in [5.74, 6) is -2.16. The zero-order valence-electron chi connectivity index (χ0n) is 27.5. The fraction of sp³-hybridized carbons (Fsp3) is 0.500. The molecule has 0 radical (unpaired) electrons. The molecule has 48 heavy (non-hydrogen) atoms. The Hall–Kier alpha value is -4.02. The SMILES string of the molecule is Cn1nc(-c2cnc(N3CCC(F)(F)CC3)c(OCC3COC3)c2)nc1Nc1ccc(-c2cnn(COCC[Si](C)(C)C)c2F)c(F)c1. The normalized spacial score (nSPS) is 16.6. The number of aryl methyl sites for hydroxylation is 1. The number of halogens is 4. The molecule has 16 heteroatoms. The summed E-state index contributed by atoms with van der Waals surface area (Å²) < 4.78 is 77.6. The Balaban J connectivity index is 1.16. The van der Waals surface area contributed by atoms with Crippen LogP contribution >= 0.6 is 0 Å². The van der Waals surface area contributed by atoms with Crippen molar-refractivity contribution < 1.29 is 31.8 Å². The molecule has 5 heterocycles. The molecule has 0 atom stereocenters. The van der Waals surface area contributed by atoms with E-state index in [1.165, 1.54) is 23.0 Å². The van der Waals surface area contributed by atoms with Crippen LogP contribution in [0.4, 0.5) is 35.0 Å². The maximum absolute atomic E-state index is 15.3. The van der Waals surface area contributed by atoms with Gasteiger partial charge in [0.25, 0.3) is 5.92 Å². The summed E-state index contributed by atoms with van der Waals surface area (Å²) in [6, 6.07) is 7.04. The molecule has 1 N–H and O–H groups in total. The van der Waals surface area contributed by atoms with Crippen LogP contribution in [0.15, 0.2) is 36.7 Å². The van der Waals surface area contributed by atoms with Crippen molar-refractivity contribution in [3.8, 4) is 28.3 Å². The first-order valence-electron chi connectivity index (χ1n) is 16.0. The monoisotopic (exact) mass is 688 g/mol. The maximum Gasteiger partial charge on any atom is 0.251 e. The molecular formula is C32H40F4N8O3Si. The van der Waals surface area contributed by atoms with Crippen LogP contribution in [0.5, 0.6) is 5.75 Å². The third-order valence-electron chi connectivity index (χ3n) is 8.33. The van der Waals surface area contributed by atoms with Crippen molar-refractivity contribution in [3.05, 3.63) is 48.4 Å². The highest BCUT2D eigenvalue weighted by Crippen LogP contribution is 2.36. The van der Waals surface area contributed by atoms with Crippen molar-refractivity contribution in [1.29, 1.82) is 0 Å². The fourth-order valence-corrected chi connectivity index (χ4v) is 6.02. The molecule has 6 rings (SSSR count). The largest absolute Gasteiger partial charge is 0.489 e. The van der Waals surface area contributed by atoms with Gasteiger partial charge in [-0.1, -0.05) is 19.6 Å². The summed E-state index contributed by atoms with van der Waals surface area (Å²) in [6.45, 7) is 9.09. The second kappa shape index (κ2) is 13.8. The first-order valence-corrected chi connectivity index (χ1v) is 19.7. The quantitative estimate of drug-likeness (QED) is 0.0980. The Labute approximate surface area is 277 Å². The number of rotatable bonds is 13. The van der Waals surface area contributed by atoms with E-state index in [1.54, 1.807) is 25.4 Å². The zero-order chi connectivity index (χ0) is 34.1. The van der Waals surface area contributed by atoms with Gasteiger partial charge in [0.1, 0.15) is 12.5 Å². The van der Waals surface area contributed by atoms with Gasteiger partial charge in [-0.25, -0.2) is 27.5 Å². The highest BCUT2D eigenvalue weighted by Gasteiger charge is 2.35. The summed E-state index contributed by atoms with van der Waals surface area (Å²) >= 11 is 0. The van der Waals surface area contributed by atoms with Crippen LogP contribution in [-0.4, -0.2) is 83.0 Å². The van der Waals surface area contributed by atoms with Gasteiger partial charge in [0.2, 0.25) is 11.9 Å². The molecule has 0 spiro atoms. The molecule has 4 aromatic rings. The number of piperidine rings is 1. The Morgan fingerprint density at radius 2 is 1.83 bits per heavy atom. The summed E-state index contributed by atoms with van der Waals surface area (Å²) in [4.78, 5) is 11.0. The lowest BCUT2D eigenvalue weighted by atomic mass is 10.1. The van der Waals surface area contributed by atoms with Gasteiger partial charge in [-0.15, -0.1) is 5.10 Å². The number of hydrogen-bond donors (Lipinski definition) is 1. The Morgan fingerprint density at radius 3 is 2.52 bits per heavy atom. The number of nitrogens with zero attached hydrogens (tertiary/aromatic N) is 7. The molecule has 2 aliphatic heterocycles. The lowest BCUT2D eigenvalue weighted by Crippen LogP contribution is -2.40. The minimum atomic E-state index is -2.69. The third-order valence-corrected chi connectivity index (χ3v) is 10.0. The highest BCUT2D eigenvalue weighted by molar-refractivity contribution is 6.76. The Kier molecular flexibility index (Phi) is 9.76. The van der Waals surface area contributed by atoms with Crippen LogP contribution < -0.4 is 15.0 Å². The molecule has 2 saturated heterocycles. The van der Waals surface area contributed by atoms with Crippen molar-refractivity contribution in [2.24, 2.45) is 13.0 Å². The summed E-state index contributed by atoms with van der Waals surface area (Å²) in [5.41, 5.74) is 1.03. The Morgan fingerprint density at radius 1 is 1.06 bits per heavy atom.